The summed E-state index contributed by atoms with van der Waals surface area (Å²) in [4.78, 5) is 33.5. The number of aliphatic carboxylic acids is 1. The minimum atomic E-state index is -1.02. The standard InChI is InChI=1S/C32H42BrN3O5/c1-32(2,3)25-26(34-18-21-16-20(19-10-9-11-19)17-35-29(21)40-4)27(22-12-5-6-13-23(22)33)36(28(25)31(38)39)30(37)24-14-7-8-15-41-24/h5-6,12-13,16-17,19,24-28,34H,7-11,14-15,18H2,1-4H3,(H,38,39)/t24-,25-,26-,27-,28-/m0/s1. The number of nitrogens with zero attached hydrogens (tertiary/aromatic N) is 2. The largest absolute Gasteiger partial charge is 0.481 e. The molecule has 9 heteroatoms. The number of aromatic nitrogens is 1. The van der Waals surface area contributed by atoms with Crippen LogP contribution < -0.4 is 10.1 Å². The third-order valence-electron chi connectivity index (χ3n) is 9.10. The van der Waals surface area contributed by atoms with Crippen LogP contribution in [0.2, 0.25) is 0 Å². The molecule has 41 heavy (non-hydrogen) atoms. The van der Waals surface area contributed by atoms with Gasteiger partial charge >= 0.3 is 5.97 Å². The lowest BCUT2D eigenvalue weighted by atomic mass is 9.72. The lowest BCUT2D eigenvalue weighted by molar-refractivity contribution is -0.159. The van der Waals surface area contributed by atoms with Crippen LogP contribution >= 0.6 is 15.9 Å². The number of carbonyl (C=O) groups excluding carboxylic acids is 1. The van der Waals surface area contributed by atoms with Crippen LogP contribution in [0, 0.1) is 11.3 Å². The molecule has 222 valence electrons. The Morgan fingerprint density at radius 1 is 1.17 bits per heavy atom. The van der Waals surface area contributed by atoms with Gasteiger partial charge < -0.3 is 24.8 Å². The van der Waals surface area contributed by atoms with Gasteiger partial charge in [-0.15, -0.1) is 0 Å². The average Bonchev–Trinajstić information content (AvgIpc) is 3.27. The number of carboxylic acids is 1. The van der Waals surface area contributed by atoms with Crippen LogP contribution in [-0.4, -0.2) is 58.8 Å². The SMILES string of the molecule is COc1ncc(C2CCC2)cc1CN[C@H]1[C@H](C(C)(C)C)[C@@H](C(=O)O)N(C(=O)[C@@H]2CCCCO2)[C@H]1c1ccccc1Br. The number of carboxylic acid groups (broad SMARTS) is 1. The summed E-state index contributed by atoms with van der Waals surface area (Å²) in [7, 11) is 1.62. The lowest BCUT2D eigenvalue weighted by Gasteiger charge is -2.36. The maximum Gasteiger partial charge on any atom is 0.326 e. The number of hydrogen-bond donors (Lipinski definition) is 2. The van der Waals surface area contributed by atoms with Crippen LogP contribution in [-0.2, 0) is 20.9 Å². The van der Waals surface area contributed by atoms with Crippen molar-refractivity contribution in [3.63, 3.8) is 0 Å². The van der Waals surface area contributed by atoms with E-state index in [0.29, 0.717) is 31.4 Å². The second kappa shape index (κ2) is 12.4. The highest BCUT2D eigenvalue weighted by Gasteiger charge is 2.59. The van der Waals surface area contributed by atoms with E-state index < -0.39 is 35.5 Å². The number of benzene rings is 1. The molecule has 1 aromatic carbocycles. The van der Waals surface area contributed by atoms with Crippen LogP contribution in [0.5, 0.6) is 5.88 Å². The Kier molecular flexibility index (Phi) is 9.07. The number of likely N-dealkylation sites (tertiary alicyclic amines) is 1. The number of nitrogens with one attached hydrogen (secondary N) is 1. The lowest BCUT2D eigenvalue weighted by Crippen LogP contribution is -2.51. The molecule has 2 N–H and O–H groups in total. The zero-order valence-corrected chi connectivity index (χ0v) is 26.0. The number of halogens is 1. The molecule has 2 aromatic rings. The van der Waals surface area contributed by atoms with Crippen molar-refractivity contribution in [2.75, 3.05) is 13.7 Å². The van der Waals surface area contributed by atoms with Gasteiger partial charge in [0.1, 0.15) is 12.1 Å². The maximum atomic E-state index is 14.2. The molecule has 0 bridgehead atoms. The highest BCUT2D eigenvalue weighted by molar-refractivity contribution is 9.10. The number of pyridine rings is 1. The highest BCUT2D eigenvalue weighted by atomic mass is 79.9. The van der Waals surface area contributed by atoms with Crippen molar-refractivity contribution in [2.24, 2.45) is 11.3 Å². The van der Waals surface area contributed by atoms with E-state index in [0.717, 1.165) is 28.4 Å². The first-order chi connectivity index (χ1) is 19.6. The Bertz CT molecular complexity index is 1250. The summed E-state index contributed by atoms with van der Waals surface area (Å²) < 4.78 is 12.4. The first kappa shape index (κ1) is 30.0. The smallest absolute Gasteiger partial charge is 0.326 e. The molecule has 3 heterocycles. The van der Waals surface area contributed by atoms with Crippen LogP contribution in [0.15, 0.2) is 41.0 Å². The van der Waals surface area contributed by atoms with E-state index in [1.165, 1.54) is 24.8 Å². The highest BCUT2D eigenvalue weighted by Crippen LogP contribution is 2.50. The zero-order chi connectivity index (χ0) is 29.3. The van der Waals surface area contributed by atoms with E-state index in [-0.39, 0.29) is 11.9 Å². The van der Waals surface area contributed by atoms with E-state index in [1.807, 2.05) is 30.5 Å². The van der Waals surface area contributed by atoms with Crippen molar-refractivity contribution in [2.45, 2.75) is 96.0 Å². The van der Waals surface area contributed by atoms with Crippen LogP contribution in [0.3, 0.4) is 0 Å². The molecule has 5 atom stereocenters. The van der Waals surface area contributed by atoms with Crippen LogP contribution in [0.1, 0.15) is 87.9 Å². The fourth-order valence-electron chi connectivity index (χ4n) is 6.89. The molecule has 0 spiro atoms. The van der Waals surface area contributed by atoms with Gasteiger partial charge in [-0.25, -0.2) is 9.78 Å². The fraction of sp³-hybridized carbons (Fsp3) is 0.594. The predicted octanol–water partition coefficient (Wildman–Crippen LogP) is 5.85. The Balaban J connectivity index is 1.58. The Labute approximate surface area is 251 Å². The van der Waals surface area contributed by atoms with E-state index in [1.54, 1.807) is 12.0 Å². The molecule has 1 aromatic heterocycles. The van der Waals surface area contributed by atoms with Gasteiger partial charge in [0, 0.05) is 41.3 Å². The number of carbonyl (C=O) groups is 2. The fourth-order valence-corrected chi connectivity index (χ4v) is 7.41. The molecule has 3 aliphatic rings. The minimum absolute atomic E-state index is 0.248. The second-order valence-electron chi connectivity index (χ2n) is 12.7. The molecule has 5 rings (SSSR count). The number of methoxy groups -OCH3 is 1. The normalized spacial score (nSPS) is 27.0. The van der Waals surface area contributed by atoms with Gasteiger partial charge in [-0.3, -0.25) is 4.79 Å². The summed E-state index contributed by atoms with van der Waals surface area (Å²) in [6, 6.07) is 8.05. The Morgan fingerprint density at radius 2 is 1.93 bits per heavy atom. The average molecular weight is 629 g/mol. The molecule has 1 amide bonds. The third kappa shape index (κ3) is 6.04. The topological polar surface area (TPSA) is 101 Å². The molecule has 0 radical (unpaired) electrons. The molecule has 3 fully saturated rings. The first-order valence-corrected chi connectivity index (χ1v) is 15.6. The van der Waals surface area contributed by atoms with Crippen molar-refractivity contribution in [1.82, 2.24) is 15.2 Å². The number of rotatable bonds is 8. The van der Waals surface area contributed by atoms with Crippen molar-refractivity contribution >= 4 is 27.8 Å². The van der Waals surface area contributed by atoms with Crippen molar-refractivity contribution in [3.8, 4) is 5.88 Å². The van der Waals surface area contributed by atoms with Gasteiger partial charge in [-0.1, -0.05) is 61.3 Å². The monoisotopic (exact) mass is 627 g/mol. The number of ether oxygens (including phenoxy) is 2. The van der Waals surface area contributed by atoms with Crippen molar-refractivity contribution in [1.29, 1.82) is 0 Å². The Morgan fingerprint density at radius 3 is 2.51 bits per heavy atom. The predicted molar refractivity (Wildman–Crippen MR) is 160 cm³/mol. The van der Waals surface area contributed by atoms with Gasteiger partial charge in [0.2, 0.25) is 5.88 Å². The van der Waals surface area contributed by atoms with Gasteiger partial charge in [0.15, 0.2) is 0 Å². The number of amides is 1. The first-order valence-electron chi connectivity index (χ1n) is 14.8. The molecule has 2 aliphatic heterocycles. The summed E-state index contributed by atoms with van der Waals surface area (Å²) in [6.45, 7) is 7.12. The van der Waals surface area contributed by atoms with Gasteiger partial charge in [-0.2, -0.15) is 0 Å². The van der Waals surface area contributed by atoms with E-state index in [2.05, 4.69) is 53.1 Å². The Hall–Kier alpha value is -2.49. The van der Waals surface area contributed by atoms with Crippen molar-refractivity contribution < 1.29 is 24.2 Å². The van der Waals surface area contributed by atoms with Crippen LogP contribution in [0.25, 0.3) is 0 Å². The molecule has 8 nitrogen and oxygen atoms in total. The third-order valence-corrected chi connectivity index (χ3v) is 9.82. The molecular weight excluding hydrogens is 586 g/mol. The maximum absolute atomic E-state index is 14.2. The molecule has 0 unspecified atom stereocenters. The molecule has 1 aliphatic carbocycles. The van der Waals surface area contributed by atoms with Gasteiger partial charge in [-0.05, 0) is 66.7 Å². The van der Waals surface area contributed by atoms with Crippen LogP contribution in [0.4, 0.5) is 0 Å². The minimum Gasteiger partial charge on any atom is -0.481 e. The summed E-state index contributed by atoms with van der Waals surface area (Å²) in [5.41, 5.74) is 2.59. The molecule has 1 saturated carbocycles. The van der Waals surface area contributed by atoms with Crippen molar-refractivity contribution in [3.05, 3.63) is 57.7 Å². The van der Waals surface area contributed by atoms with E-state index in [4.69, 9.17) is 9.47 Å². The van der Waals surface area contributed by atoms with E-state index in [9.17, 15) is 14.7 Å². The summed E-state index contributed by atoms with van der Waals surface area (Å²) in [5, 5.41) is 14.5. The quantitative estimate of drug-likeness (QED) is 0.379. The number of hydrogen-bond acceptors (Lipinski definition) is 6. The summed E-state index contributed by atoms with van der Waals surface area (Å²) >= 11 is 3.72. The van der Waals surface area contributed by atoms with Gasteiger partial charge in [0.25, 0.3) is 5.91 Å². The second-order valence-corrected chi connectivity index (χ2v) is 13.6. The van der Waals surface area contributed by atoms with E-state index >= 15 is 0 Å². The molecular formula is C32H42BrN3O5. The summed E-state index contributed by atoms with van der Waals surface area (Å²) in [5.74, 6) is -0.557. The summed E-state index contributed by atoms with van der Waals surface area (Å²) in [6.07, 6.45) is 7.23. The zero-order valence-electron chi connectivity index (χ0n) is 24.4. The van der Waals surface area contributed by atoms with Gasteiger partial charge in [0.05, 0.1) is 13.2 Å². The molecule has 2 saturated heterocycles.